The largest absolute Gasteiger partial charge is 0.334 e. The molecule has 0 N–H and O–H groups in total. The van der Waals surface area contributed by atoms with Gasteiger partial charge in [-0.3, -0.25) is 0 Å². The molecule has 0 bridgehead atoms. The summed E-state index contributed by atoms with van der Waals surface area (Å²) in [5.74, 6) is 0. The number of benzene rings is 6. The van der Waals surface area contributed by atoms with Crippen LogP contribution in [0.3, 0.4) is 0 Å². The molecule has 0 aliphatic heterocycles. The van der Waals surface area contributed by atoms with Crippen molar-refractivity contribution >= 4 is 22.0 Å². The molecule has 0 amide bonds. The minimum absolute atomic E-state index is 0.220. The number of hydrogen-bond donors (Lipinski definition) is 0. The Morgan fingerprint density at radius 1 is 0.542 bits per heavy atom. The summed E-state index contributed by atoms with van der Waals surface area (Å²) in [5, 5.41) is 2.53. The topological polar surface area (TPSA) is 3.24 Å². The lowest BCUT2D eigenvalue weighted by atomic mass is 9.70. The summed E-state index contributed by atoms with van der Waals surface area (Å²) >= 11 is 0. The molecule has 1 nitrogen and oxygen atoms in total. The fourth-order valence-electron chi connectivity index (χ4n) is 10.1. The second kappa shape index (κ2) is 15.2. The van der Waals surface area contributed by atoms with Crippen molar-refractivity contribution in [2.45, 2.75) is 51.5 Å². The van der Waals surface area contributed by atoms with Gasteiger partial charge in [0.15, 0.2) is 0 Å². The Kier molecular flexibility index (Phi) is 9.46. The van der Waals surface area contributed by atoms with E-state index in [-0.39, 0.29) is 11.5 Å². The minimum Gasteiger partial charge on any atom is -0.334 e. The van der Waals surface area contributed by atoms with Crippen molar-refractivity contribution < 1.29 is 0 Å². The van der Waals surface area contributed by atoms with Gasteiger partial charge in [0, 0.05) is 11.4 Å². The van der Waals surface area contributed by atoms with Gasteiger partial charge in [-0.2, -0.15) is 0 Å². The first kappa shape index (κ1) is 36.6. The Morgan fingerprint density at radius 2 is 1.22 bits per heavy atom. The second-order valence-corrected chi connectivity index (χ2v) is 16.5. The van der Waals surface area contributed by atoms with Crippen LogP contribution in [0, 0.1) is 6.92 Å². The number of rotatable bonds is 4. The van der Waals surface area contributed by atoms with Crippen LogP contribution >= 0.6 is 0 Å². The molecule has 1 spiro atoms. The number of allylic oxidation sites excluding steroid dienone is 13. The van der Waals surface area contributed by atoms with Gasteiger partial charge in [-0.25, -0.2) is 0 Å². The van der Waals surface area contributed by atoms with Crippen molar-refractivity contribution in [3.8, 4) is 22.3 Å². The Balaban J connectivity index is 0.000000473. The van der Waals surface area contributed by atoms with Gasteiger partial charge in [0.25, 0.3) is 0 Å². The summed E-state index contributed by atoms with van der Waals surface area (Å²) in [6.45, 7) is 6.73. The van der Waals surface area contributed by atoms with Crippen LogP contribution in [0.25, 0.3) is 38.6 Å². The highest BCUT2D eigenvalue weighted by Gasteiger charge is 2.51. The third-order valence-corrected chi connectivity index (χ3v) is 12.8. The first-order valence-electron chi connectivity index (χ1n) is 21.2. The molecule has 0 saturated carbocycles. The maximum atomic E-state index is 2.56. The highest BCUT2D eigenvalue weighted by Crippen LogP contribution is 2.63. The lowest BCUT2D eigenvalue weighted by Crippen LogP contribution is -2.33. The molecule has 1 atom stereocenters. The van der Waals surface area contributed by atoms with Gasteiger partial charge in [-0.15, -0.1) is 0 Å². The van der Waals surface area contributed by atoms with Crippen LogP contribution in [-0.2, 0) is 5.41 Å². The normalized spacial score (nSPS) is 17.6. The summed E-state index contributed by atoms with van der Waals surface area (Å²) in [5.41, 5.74) is 19.7. The zero-order valence-electron chi connectivity index (χ0n) is 34.2. The molecule has 0 saturated heterocycles. The summed E-state index contributed by atoms with van der Waals surface area (Å²) in [6, 6.07) is 48.1. The maximum absolute atomic E-state index is 2.56. The number of anilines is 1. The molecule has 1 unspecified atom stereocenters. The third kappa shape index (κ3) is 6.24. The van der Waals surface area contributed by atoms with Crippen molar-refractivity contribution in [1.29, 1.82) is 0 Å². The van der Waals surface area contributed by atoms with Crippen molar-refractivity contribution in [3.63, 3.8) is 0 Å². The highest BCUT2D eigenvalue weighted by atomic mass is 15.2. The molecular formula is C58H49N. The van der Waals surface area contributed by atoms with Gasteiger partial charge in [-0.1, -0.05) is 181 Å². The first-order chi connectivity index (χ1) is 29.0. The summed E-state index contributed by atoms with van der Waals surface area (Å²) in [4.78, 5) is 2.55. The molecule has 0 fully saturated rings. The van der Waals surface area contributed by atoms with Gasteiger partial charge in [0.2, 0.25) is 0 Å². The average Bonchev–Trinajstić information content (AvgIpc) is 3.45. The second-order valence-electron chi connectivity index (χ2n) is 16.5. The molecule has 59 heavy (non-hydrogen) atoms. The Morgan fingerprint density at radius 3 is 1.93 bits per heavy atom. The summed E-state index contributed by atoms with van der Waals surface area (Å²) in [7, 11) is 0. The van der Waals surface area contributed by atoms with E-state index in [1.807, 2.05) is 0 Å². The van der Waals surface area contributed by atoms with E-state index >= 15 is 0 Å². The molecule has 5 aliphatic carbocycles. The smallest absolute Gasteiger partial charge is 0.0725 e. The van der Waals surface area contributed by atoms with Crippen LogP contribution in [-0.4, -0.2) is 6.04 Å². The van der Waals surface area contributed by atoms with Crippen LogP contribution in [0.4, 0.5) is 5.69 Å². The van der Waals surface area contributed by atoms with E-state index in [4.69, 9.17) is 0 Å². The van der Waals surface area contributed by atoms with Crippen LogP contribution in [0.2, 0.25) is 0 Å². The highest BCUT2D eigenvalue weighted by molar-refractivity contribution is 5.97. The third-order valence-electron chi connectivity index (χ3n) is 12.8. The van der Waals surface area contributed by atoms with Crippen molar-refractivity contribution in [2.24, 2.45) is 0 Å². The average molecular weight is 760 g/mol. The molecule has 1 heteroatoms. The molecule has 6 aromatic rings. The van der Waals surface area contributed by atoms with Crippen LogP contribution in [0.5, 0.6) is 0 Å². The Hall–Kier alpha value is -6.70. The van der Waals surface area contributed by atoms with E-state index in [0.717, 1.165) is 19.3 Å². The van der Waals surface area contributed by atoms with Gasteiger partial charge in [-0.05, 0) is 142 Å². The van der Waals surface area contributed by atoms with E-state index in [0.29, 0.717) is 0 Å². The van der Waals surface area contributed by atoms with Crippen LogP contribution < -0.4 is 4.90 Å². The van der Waals surface area contributed by atoms with Gasteiger partial charge in [0.05, 0.1) is 11.5 Å². The van der Waals surface area contributed by atoms with Crippen LogP contribution in [0.15, 0.2) is 217 Å². The Bertz CT molecular complexity index is 2850. The number of aryl methyl sites for hydroxylation is 1. The predicted molar refractivity (Wildman–Crippen MR) is 252 cm³/mol. The summed E-state index contributed by atoms with van der Waals surface area (Å²) in [6.07, 6.45) is 29.8. The molecule has 286 valence electrons. The Labute approximate surface area is 349 Å². The monoisotopic (exact) mass is 759 g/mol. The first-order valence-corrected chi connectivity index (χ1v) is 21.2. The van der Waals surface area contributed by atoms with E-state index in [2.05, 4.69) is 226 Å². The van der Waals surface area contributed by atoms with Crippen molar-refractivity contribution in [3.05, 3.63) is 251 Å². The van der Waals surface area contributed by atoms with E-state index in [9.17, 15) is 0 Å². The van der Waals surface area contributed by atoms with Crippen molar-refractivity contribution in [2.75, 3.05) is 4.90 Å². The van der Waals surface area contributed by atoms with E-state index in [1.54, 1.807) is 0 Å². The molecule has 0 heterocycles. The van der Waals surface area contributed by atoms with E-state index in [1.165, 1.54) is 94.5 Å². The van der Waals surface area contributed by atoms with Gasteiger partial charge < -0.3 is 4.90 Å². The number of fused-ring (bicyclic) bond motifs is 11. The maximum Gasteiger partial charge on any atom is 0.0725 e. The van der Waals surface area contributed by atoms with E-state index < -0.39 is 0 Å². The number of hydrogen-bond acceptors (Lipinski definition) is 1. The lowest BCUT2D eigenvalue weighted by Gasteiger charge is -2.34. The zero-order valence-corrected chi connectivity index (χ0v) is 34.2. The zero-order chi connectivity index (χ0) is 39.9. The fourth-order valence-corrected chi connectivity index (χ4v) is 10.1. The summed E-state index contributed by atoms with van der Waals surface area (Å²) < 4.78 is 0. The standard InChI is InChI=1S/C50H39N.C8H10/c1-33-15-14-20-38(51(37-18-4-3-5-19-37)39-28-27-35-16-6-7-17-36(35)30-39)31-43(33)44-32-49-45(29-34(44)2)42-23-10-13-26-48(42)50(49)46-24-11-8-21-40(46)41-22-9-12-25-47(41)50;1-8-6-4-2-3-5-7-8/h3-14,16-18,20-32,37H,15,19H2,1-2H3;2,4-7H,3H2,1H3. The molecular weight excluding hydrogens is 711 g/mol. The molecule has 5 aliphatic rings. The van der Waals surface area contributed by atoms with Gasteiger partial charge in [0.1, 0.15) is 0 Å². The minimum atomic E-state index is -0.359. The predicted octanol–water partition coefficient (Wildman–Crippen LogP) is 14.9. The van der Waals surface area contributed by atoms with Gasteiger partial charge >= 0.3 is 0 Å². The number of nitrogens with zero attached hydrogens (tertiary/aromatic N) is 1. The quantitative estimate of drug-likeness (QED) is 0.173. The molecule has 0 radical (unpaired) electrons. The molecule has 0 aromatic heterocycles. The lowest BCUT2D eigenvalue weighted by molar-refractivity contribution is 0.763. The molecule has 11 rings (SSSR count). The fraction of sp³-hybridized carbons (Fsp3) is 0.138. The van der Waals surface area contributed by atoms with Crippen molar-refractivity contribution in [1.82, 2.24) is 0 Å². The van der Waals surface area contributed by atoms with Crippen LogP contribution in [0.1, 0.15) is 66.5 Å². The SMILES string of the molecule is CC1=C(c2cc3c(cc2C)-c2ccccc2C32c3ccccc3-c3ccccc32)C=C(N(c2ccc3ccccc3c2)C2C=CC=CC2)C=CC1.CC1=CC=CCC=C1. The molecule has 6 aromatic carbocycles.